The standard InChI is InChI=1S/C13H13ClN2O2/c1-8-13(9-4-2-3-5-10(9)14)16-11(15-8)6-7-12(17)18/h2-5H,6-7H2,1H3,(H,15,16)(H,17,18). The van der Waals surface area contributed by atoms with Gasteiger partial charge in [-0.1, -0.05) is 29.8 Å². The summed E-state index contributed by atoms with van der Waals surface area (Å²) in [5, 5.41) is 9.29. The zero-order valence-electron chi connectivity index (χ0n) is 9.90. The molecule has 2 N–H and O–H groups in total. The minimum atomic E-state index is -0.830. The molecule has 0 aliphatic carbocycles. The maximum Gasteiger partial charge on any atom is 0.303 e. The Bertz CT molecular complexity index is 578. The molecule has 0 saturated carbocycles. The van der Waals surface area contributed by atoms with Gasteiger partial charge in [-0.3, -0.25) is 4.79 Å². The average molecular weight is 265 g/mol. The largest absolute Gasteiger partial charge is 0.481 e. The molecule has 0 bridgehead atoms. The van der Waals surface area contributed by atoms with E-state index in [2.05, 4.69) is 9.97 Å². The molecule has 0 radical (unpaired) electrons. The number of nitrogens with zero attached hydrogens (tertiary/aromatic N) is 1. The smallest absolute Gasteiger partial charge is 0.303 e. The van der Waals surface area contributed by atoms with Crippen LogP contribution < -0.4 is 0 Å². The van der Waals surface area contributed by atoms with E-state index in [-0.39, 0.29) is 6.42 Å². The van der Waals surface area contributed by atoms with Gasteiger partial charge in [0.05, 0.1) is 17.1 Å². The van der Waals surface area contributed by atoms with Crippen molar-refractivity contribution in [3.8, 4) is 11.3 Å². The van der Waals surface area contributed by atoms with E-state index in [0.717, 1.165) is 17.0 Å². The van der Waals surface area contributed by atoms with E-state index in [1.807, 2.05) is 31.2 Å². The van der Waals surface area contributed by atoms with Crippen molar-refractivity contribution in [2.75, 3.05) is 0 Å². The van der Waals surface area contributed by atoms with E-state index >= 15 is 0 Å². The summed E-state index contributed by atoms with van der Waals surface area (Å²) in [6, 6.07) is 7.46. The van der Waals surface area contributed by atoms with Crippen LogP contribution in [0.2, 0.25) is 5.02 Å². The molecule has 18 heavy (non-hydrogen) atoms. The lowest BCUT2D eigenvalue weighted by atomic mass is 10.1. The summed E-state index contributed by atoms with van der Waals surface area (Å²) >= 11 is 6.12. The van der Waals surface area contributed by atoms with Gasteiger partial charge in [-0.05, 0) is 13.0 Å². The maximum atomic E-state index is 10.5. The van der Waals surface area contributed by atoms with Crippen molar-refractivity contribution in [2.45, 2.75) is 19.8 Å². The van der Waals surface area contributed by atoms with Crippen LogP contribution in [0.4, 0.5) is 0 Å². The Morgan fingerprint density at radius 1 is 1.44 bits per heavy atom. The minimum absolute atomic E-state index is 0.0644. The van der Waals surface area contributed by atoms with Crippen LogP contribution in [-0.2, 0) is 11.2 Å². The highest BCUT2D eigenvalue weighted by molar-refractivity contribution is 6.33. The Morgan fingerprint density at radius 2 is 2.17 bits per heavy atom. The van der Waals surface area contributed by atoms with E-state index in [1.54, 1.807) is 0 Å². The molecule has 0 aliphatic heterocycles. The van der Waals surface area contributed by atoms with Crippen molar-refractivity contribution >= 4 is 17.6 Å². The molecule has 1 heterocycles. The number of benzene rings is 1. The van der Waals surface area contributed by atoms with Crippen molar-refractivity contribution in [3.05, 3.63) is 40.8 Å². The topological polar surface area (TPSA) is 66.0 Å². The number of imidazole rings is 1. The summed E-state index contributed by atoms with van der Waals surface area (Å²) in [7, 11) is 0. The fourth-order valence-corrected chi connectivity index (χ4v) is 2.01. The number of aromatic nitrogens is 2. The predicted octanol–water partition coefficient (Wildman–Crippen LogP) is 3.06. The number of nitrogens with one attached hydrogen (secondary N) is 1. The van der Waals surface area contributed by atoms with Gasteiger partial charge in [0.1, 0.15) is 5.82 Å². The van der Waals surface area contributed by atoms with E-state index < -0.39 is 5.97 Å². The van der Waals surface area contributed by atoms with Crippen LogP contribution in [0.3, 0.4) is 0 Å². The van der Waals surface area contributed by atoms with E-state index in [0.29, 0.717) is 17.3 Å². The zero-order chi connectivity index (χ0) is 13.1. The van der Waals surface area contributed by atoms with Gasteiger partial charge in [0, 0.05) is 17.7 Å². The van der Waals surface area contributed by atoms with E-state index in [1.165, 1.54) is 0 Å². The first kappa shape index (κ1) is 12.6. The first-order valence-corrected chi connectivity index (χ1v) is 5.98. The van der Waals surface area contributed by atoms with Gasteiger partial charge in [-0.25, -0.2) is 4.98 Å². The molecule has 4 nitrogen and oxygen atoms in total. The number of hydrogen-bond donors (Lipinski definition) is 2. The molecule has 5 heteroatoms. The van der Waals surface area contributed by atoms with Crippen LogP contribution in [0, 0.1) is 6.92 Å². The van der Waals surface area contributed by atoms with Crippen molar-refractivity contribution in [2.24, 2.45) is 0 Å². The third-order valence-electron chi connectivity index (χ3n) is 2.64. The van der Waals surface area contributed by atoms with Crippen molar-refractivity contribution in [1.29, 1.82) is 0 Å². The third kappa shape index (κ3) is 2.71. The molecule has 0 saturated heterocycles. The molecule has 0 fully saturated rings. The molecule has 0 aliphatic rings. The number of carboxylic acid groups (broad SMARTS) is 1. The number of carboxylic acids is 1. The molecule has 0 unspecified atom stereocenters. The van der Waals surface area contributed by atoms with E-state index in [4.69, 9.17) is 16.7 Å². The number of aromatic amines is 1. The summed E-state index contributed by atoms with van der Waals surface area (Å²) in [6.45, 7) is 1.90. The summed E-state index contributed by atoms with van der Waals surface area (Å²) < 4.78 is 0. The highest BCUT2D eigenvalue weighted by Crippen LogP contribution is 2.28. The SMILES string of the molecule is Cc1[nH]c(CCC(=O)O)nc1-c1ccccc1Cl. The zero-order valence-corrected chi connectivity index (χ0v) is 10.7. The van der Waals surface area contributed by atoms with Gasteiger partial charge < -0.3 is 10.1 Å². The predicted molar refractivity (Wildman–Crippen MR) is 69.7 cm³/mol. The molecule has 2 rings (SSSR count). The lowest BCUT2D eigenvalue weighted by Gasteiger charge is -2.00. The Kier molecular flexibility index (Phi) is 3.67. The van der Waals surface area contributed by atoms with Gasteiger partial charge in [0.2, 0.25) is 0 Å². The number of halogens is 1. The second-order valence-corrected chi connectivity index (χ2v) is 4.44. The highest BCUT2D eigenvalue weighted by atomic mass is 35.5. The molecule has 0 atom stereocenters. The van der Waals surface area contributed by atoms with Crippen molar-refractivity contribution in [1.82, 2.24) is 9.97 Å². The lowest BCUT2D eigenvalue weighted by molar-refractivity contribution is -0.137. The Hall–Kier alpha value is -1.81. The summed E-state index contributed by atoms with van der Waals surface area (Å²) in [6.07, 6.45) is 0.454. The average Bonchev–Trinajstić information content (AvgIpc) is 2.69. The summed E-state index contributed by atoms with van der Waals surface area (Å²) in [5.74, 6) is -0.159. The Morgan fingerprint density at radius 3 is 2.83 bits per heavy atom. The number of H-pyrrole nitrogens is 1. The summed E-state index contributed by atoms with van der Waals surface area (Å²) in [4.78, 5) is 18.0. The molecular formula is C13H13ClN2O2. The van der Waals surface area contributed by atoms with Crippen LogP contribution in [-0.4, -0.2) is 21.0 Å². The number of rotatable bonds is 4. The third-order valence-corrected chi connectivity index (χ3v) is 2.97. The first-order valence-electron chi connectivity index (χ1n) is 5.60. The summed E-state index contributed by atoms with van der Waals surface area (Å²) in [5.41, 5.74) is 2.53. The van der Waals surface area contributed by atoms with Gasteiger partial charge >= 0.3 is 5.97 Å². The van der Waals surface area contributed by atoms with Crippen molar-refractivity contribution in [3.63, 3.8) is 0 Å². The molecule has 0 amide bonds. The minimum Gasteiger partial charge on any atom is -0.481 e. The normalized spacial score (nSPS) is 10.6. The second kappa shape index (κ2) is 5.23. The second-order valence-electron chi connectivity index (χ2n) is 4.03. The Balaban J connectivity index is 2.30. The van der Waals surface area contributed by atoms with Crippen LogP contribution in [0.1, 0.15) is 17.9 Å². The number of aryl methyl sites for hydroxylation is 2. The number of aliphatic carboxylic acids is 1. The lowest BCUT2D eigenvalue weighted by Crippen LogP contribution is -1.98. The molecule has 1 aromatic carbocycles. The van der Waals surface area contributed by atoms with Gasteiger partial charge in [0.15, 0.2) is 0 Å². The Labute approximate surface area is 110 Å². The maximum absolute atomic E-state index is 10.5. The fraction of sp³-hybridized carbons (Fsp3) is 0.231. The molecule has 1 aromatic heterocycles. The molecule has 0 spiro atoms. The highest BCUT2D eigenvalue weighted by Gasteiger charge is 2.12. The van der Waals surface area contributed by atoms with Gasteiger partial charge in [-0.15, -0.1) is 0 Å². The molecule has 94 valence electrons. The van der Waals surface area contributed by atoms with Gasteiger partial charge in [0.25, 0.3) is 0 Å². The number of carbonyl (C=O) groups is 1. The number of hydrogen-bond acceptors (Lipinski definition) is 2. The quantitative estimate of drug-likeness (QED) is 0.892. The first-order chi connectivity index (χ1) is 8.58. The molecular weight excluding hydrogens is 252 g/mol. The van der Waals surface area contributed by atoms with Crippen LogP contribution in [0.5, 0.6) is 0 Å². The van der Waals surface area contributed by atoms with Crippen LogP contribution in [0.25, 0.3) is 11.3 Å². The monoisotopic (exact) mass is 264 g/mol. The molecule has 2 aromatic rings. The van der Waals surface area contributed by atoms with E-state index in [9.17, 15) is 4.79 Å². The van der Waals surface area contributed by atoms with Crippen LogP contribution in [0.15, 0.2) is 24.3 Å². The fourth-order valence-electron chi connectivity index (χ4n) is 1.78. The van der Waals surface area contributed by atoms with Gasteiger partial charge in [-0.2, -0.15) is 0 Å². The van der Waals surface area contributed by atoms with Crippen molar-refractivity contribution < 1.29 is 9.90 Å². The van der Waals surface area contributed by atoms with Crippen LogP contribution >= 0.6 is 11.6 Å².